The molecule has 1 aromatic carbocycles. The predicted molar refractivity (Wildman–Crippen MR) is 77.7 cm³/mol. The second-order valence-electron chi connectivity index (χ2n) is 4.29. The van der Waals surface area contributed by atoms with Gasteiger partial charge in [0.25, 0.3) is 0 Å². The van der Waals surface area contributed by atoms with Gasteiger partial charge in [0.2, 0.25) is 5.91 Å². The predicted octanol–water partition coefficient (Wildman–Crippen LogP) is 3.30. The third-order valence-electron chi connectivity index (χ3n) is 2.71. The van der Waals surface area contributed by atoms with Crippen molar-refractivity contribution in [2.24, 2.45) is 0 Å². The molecule has 20 heavy (non-hydrogen) atoms. The molecule has 0 aliphatic rings. The first-order chi connectivity index (χ1) is 9.56. The molecule has 1 heterocycles. The average molecular weight is 341 g/mol. The maximum atomic E-state index is 13.0. The van der Waals surface area contributed by atoms with Crippen LogP contribution in [0, 0.1) is 5.82 Å². The fraction of sp³-hybridized carbons (Fsp3) is 0.214. The lowest BCUT2D eigenvalue weighted by Crippen LogP contribution is -2.37. The normalized spacial score (nSPS) is 11.9. The van der Waals surface area contributed by atoms with E-state index in [0.29, 0.717) is 22.5 Å². The topological polar surface area (TPSA) is 54.3 Å². The Balaban J connectivity index is 1.90. The van der Waals surface area contributed by atoms with E-state index >= 15 is 0 Å². The standard InChI is InChI=1S/C14H14BrFN2O2/c1-9(14(19)17-8-11-3-2-6-20-11)18-13-5-4-10(16)7-12(13)15/h2-7,9,18H,8H2,1H3,(H,17,19). The molecule has 2 rings (SSSR count). The Kier molecular flexibility index (Phi) is 4.79. The van der Waals surface area contributed by atoms with Gasteiger partial charge < -0.3 is 15.1 Å². The Morgan fingerprint density at radius 1 is 1.45 bits per heavy atom. The lowest BCUT2D eigenvalue weighted by atomic mass is 10.2. The number of amides is 1. The SMILES string of the molecule is CC(Nc1ccc(F)cc1Br)C(=O)NCc1ccco1. The van der Waals surface area contributed by atoms with Crippen LogP contribution in [-0.4, -0.2) is 11.9 Å². The summed E-state index contributed by atoms with van der Waals surface area (Å²) < 4.78 is 18.7. The molecule has 2 aromatic rings. The molecular formula is C14H14BrFN2O2. The Morgan fingerprint density at radius 2 is 2.25 bits per heavy atom. The second-order valence-corrected chi connectivity index (χ2v) is 5.14. The number of hydrogen-bond acceptors (Lipinski definition) is 3. The van der Waals surface area contributed by atoms with Gasteiger partial charge in [0.1, 0.15) is 17.6 Å². The highest BCUT2D eigenvalue weighted by molar-refractivity contribution is 9.10. The van der Waals surface area contributed by atoms with E-state index in [1.807, 2.05) is 0 Å². The van der Waals surface area contributed by atoms with Crippen molar-refractivity contribution in [2.75, 3.05) is 5.32 Å². The van der Waals surface area contributed by atoms with Crippen molar-refractivity contribution in [2.45, 2.75) is 19.5 Å². The van der Waals surface area contributed by atoms with Crippen LogP contribution in [0.4, 0.5) is 10.1 Å². The molecule has 4 nitrogen and oxygen atoms in total. The zero-order valence-corrected chi connectivity index (χ0v) is 12.4. The quantitative estimate of drug-likeness (QED) is 0.877. The number of anilines is 1. The van der Waals surface area contributed by atoms with Crippen molar-refractivity contribution in [3.05, 3.63) is 52.6 Å². The number of carbonyl (C=O) groups excluding carboxylic acids is 1. The summed E-state index contributed by atoms with van der Waals surface area (Å²) in [4.78, 5) is 11.9. The second kappa shape index (κ2) is 6.56. The van der Waals surface area contributed by atoms with Crippen LogP contribution in [0.2, 0.25) is 0 Å². The van der Waals surface area contributed by atoms with E-state index in [9.17, 15) is 9.18 Å². The highest BCUT2D eigenvalue weighted by Gasteiger charge is 2.14. The molecule has 6 heteroatoms. The van der Waals surface area contributed by atoms with Crippen LogP contribution >= 0.6 is 15.9 Å². The van der Waals surface area contributed by atoms with E-state index in [1.165, 1.54) is 12.1 Å². The highest BCUT2D eigenvalue weighted by atomic mass is 79.9. The molecule has 0 fully saturated rings. The molecule has 1 amide bonds. The van der Waals surface area contributed by atoms with Crippen LogP contribution in [0.1, 0.15) is 12.7 Å². The maximum Gasteiger partial charge on any atom is 0.242 e. The summed E-state index contributed by atoms with van der Waals surface area (Å²) in [6.07, 6.45) is 1.55. The number of benzene rings is 1. The molecule has 0 radical (unpaired) electrons. The van der Waals surface area contributed by atoms with E-state index in [1.54, 1.807) is 31.4 Å². The molecular weight excluding hydrogens is 327 g/mol. The smallest absolute Gasteiger partial charge is 0.242 e. The van der Waals surface area contributed by atoms with Crippen LogP contribution in [-0.2, 0) is 11.3 Å². The summed E-state index contributed by atoms with van der Waals surface area (Å²) in [7, 11) is 0. The summed E-state index contributed by atoms with van der Waals surface area (Å²) >= 11 is 3.25. The van der Waals surface area contributed by atoms with Crippen molar-refractivity contribution < 1.29 is 13.6 Å². The largest absolute Gasteiger partial charge is 0.467 e. The van der Waals surface area contributed by atoms with Gasteiger partial charge >= 0.3 is 0 Å². The van der Waals surface area contributed by atoms with Gasteiger partial charge in [-0.1, -0.05) is 0 Å². The summed E-state index contributed by atoms with van der Waals surface area (Å²) in [6, 6.07) is 7.35. The molecule has 1 unspecified atom stereocenters. The Hall–Kier alpha value is -1.82. The summed E-state index contributed by atoms with van der Waals surface area (Å²) in [5, 5.41) is 5.76. The van der Waals surface area contributed by atoms with E-state index in [2.05, 4.69) is 26.6 Å². The molecule has 106 valence electrons. The molecule has 2 N–H and O–H groups in total. The van der Waals surface area contributed by atoms with Crippen LogP contribution in [0.3, 0.4) is 0 Å². The molecule has 0 spiro atoms. The van der Waals surface area contributed by atoms with Gasteiger partial charge in [-0.2, -0.15) is 0 Å². The lowest BCUT2D eigenvalue weighted by Gasteiger charge is -2.16. The molecule has 1 aromatic heterocycles. The molecule has 0 aliphatic carbocycles. The van der Waals surface area contributed by atoms with Crippen LogP contribution in [0.25, 0.3) is 0 Å². The van der Waals surface area contributed by atoms with E-state index in [-0.39, 0.29) is 11.7 Å². The van der Waals surface area contributed by atoms with Crippen molar-refractivity contribution in [1.29, 1.82) is 0 Å². The number of carbonyl (C=O) groups is 1. The first-order valence-electron chi connectivity index (χ1n) is 6.08. The fourth-order valence-corrected chi connectivity index (χ4v) is 2.11. The third-order valence-corrected chi connectivity index (χ3v) is 3.37. The number of hydrogen-bond donors (Lipinski definition) is 2. The van der Waals surface area contributed by atoms with Gasteiger partial charge in [0.15, 0.2) is 0 Å². The van der Waals surface area contributed by atoms with Crippen LogP contribution in [0.15, 0.2) is 45.5 Å². The van der Waals surface area contributed by atoms with Crippen LogP contribution < -0.4 is 10.6 Å². The Morgan fingerprint density at radius 3 is 2.90 bits per heavy atom. The number of nitrogens with one attached hydrogen (secondary N) is 2. The number of furan rings is 1. The monoisotopic (exact) mass is 340 g/mol. The van der Waals surface area contributed by atoms with Gasteiger partial charge in [0, 0.05) is 10.2 Å². The molecule has 1 atom stereocenters. The molecule has 0 bridgehead atoms. The van der Waals surface area contributed by atoms with Crippen molar-refractivity contribution in [1.82, 2.24) is 5.32 Å². The number of rotatable bonds is 5. The zero-order chi connectivity index (χ0) is 14.5. The van der Waals surface area contributed by atoms with Gasteiger partial charge in [-0.05, 0) is 53.2 Å². The van der Waals surface area contributed by atoms with Gasteiger partial charge in [-0.15, -0.1) is 0 Å². The summed E-state index contributed by atoms with van der Waals surface area (Å²) in [5.41, 5.74) is 0.659. The first-order valence-corrected chi connectivity index (χ1v) is 6.87. The molecule has 0 saturated carbocycles. The molecule has 0 saturated heterocycles. The lowest BCUT2D eigenvalue weighted by molar-refractivity contribution is -0.121. The van der Waals surface area contributed by atoms with E-state index in [4.69, 9.17) is 4.42 Å². The highest BCUT2D eigenvalue weighted by Crippen LogP contribution is 2.23. The third kappa shape index (κ3) is 3.84. The Bertz CT molecular complexity index is 587. The van der Waals surface area contributed by atoms with E-state index < -0.39 is 6.04 Å². The first kappa shape index (κ1) is 14.6. The number of halogens is 2. The van der Waals surface area contributed by atoms with Gasteiger partial charge in [-0.25, -0.2) is 4.39 Å². The molecule has 0 aliphatic heterocycles. The minimum absolute atomic E-state index is 0.169. The van der Waals surface area contributed by atoms with E-state index in [0.717, 1.165) is 0 Å². The average Bonchev–Trinajstić information content (AvgIpc) is 2.92. The fourth-order valence-electron chi connectivity index (χ4n) is 1.65. The van der Waals surface area contributed by atoms with Crippen molar-refractivity contribution in [3.63, 3.8) is 0 Å². The van der Waals surface area contributed by atoms with Crippen molar-refractivity contribution >= 4 is 27.5 Å². The maximum absolute atomic E-state index is 13.0. The summed E-state index contributed by atoms with van der Waals surface area (Å²) in [5.74, 6) is 0.184. The van der Waals surface area contributed by atoms with Gasteiger partial charge in [-0.3, -0.25) is 4.79 Å². The Labute approximate surface area is 124 Å². The summed E-state index contributed by atoms with van der Waals surface area (Å²) in [6.45, 7) is 2.07. The minimum Gasteiger partial charge on any atom is -0.467 e. The van der Waals surface area contributed by atoms with Crippen molar-refractivity contribution in [3.8, 4) is 0 Å². The minimum atomic E-state index is -0.452. The van der Waals surface area contributed by atoms with Gasteiger partial charge in [0.05, 0.1) is 12.8 Å². The zero-order valence-electron chi connectivity index (χ0n) is 10.8. The van der Waals surface area contributed by atoms with Crippen LogP contribution in [0.5, 0.6) is 0 Å².